The van der Waals surface area contributed by atoms with E-state index in [0.29, 0.717) is 6.42 Å². The van der Waals surface area contributed by atoms with E-state index in [9.17, 15) is 4.79 Å². The first-order chi connectivity index (χ1) is 7.22. The van der Waals surface area contributed by atoms with Crippen molar-refractivity contribution in [2.24, 2.45) is 11.7 Å². The number of rotatable bonds is 2. The highest BCUT2D eigenvalue weighted by Gasteiger charge is 2.29. The Bertz CT molecular complexity index is 363. The second-order valence-electron chi connectivity index (χ2n) is 3.70. The summed E-state index contributed by atoms with van der Waals surface area (Å²) in [5.41, 5.74) is 5.80. The van der Waals surface area contributed by atoms with Gasteiger partial charge in [0, 0.05) is 13.0 Å². The number of aryl methyl sites for hydroxylation is 1. The van der Waals surface area contributed by atoms with Crippen LogP contribution in [0.5, 0.6) is 0 Å². The van der Waals surface area contributed by atoms with Crippen molar-refractivity contribution in [3.63, 3.8) is 0 Å². The lowest BCUT2D eigenvalue weighted by atomic mass is 9.91. The molecule has 0 amide bonds. The van der Waals surface area contributed by atoms with Gasteiger partial charge in [-0.15, -0.1) is 0 Å². The highest BCUT2D eigenvalue weighted by atomic mass is 16.5. The van der Waals surface area contributed by atoms with Crippen LogP contribution in [0.25, 0.3) is 0 Å². The second kappa shape index (κ2) is 3.98. The molecule has 0 spiro atoms. The summed E-state index contributed by atoms with van der Waals surface area (Å²) >= 11 is 0. The minimum absolute atomic E-state index is 0.106. The number of carbonyl (C=O) groups excluding carboxylic acids is 1. The predicted molar refractivity (Wildman–Crippen MR) is 51.8 cm³/mol. The van der Waals surface area contributed by atoms with Gasteiger partial charge in [-0.2, -0.15) is 5.10 Å². The van der Waals surface area contributed by atoms with Gasteiger partial charge in [-0.25, -0.2) is 4.98 Å². The van der Waals surface area contributed by atoms with E-state index < -0.39 is 6.04 Å². The first-order valence-electron chi connectivity index (χ1n) is 4.92. The minimum Gasteiger partial charge on any atom is -0.468 e. The summed E-state index contributed by atoms with van der Waals surface area (Å²) in [6, 6.07) is -0.555. The Hall–Kier alpha value is -1.43. The number of fused-ring (bicyclic) bond motifs is 1. The molecule has 0 fully saturated rings. The molecule has 1 aromatic heterocycles. The SMILES string of the molecule is COC(=O)C(N)C1CCn2ncnc2C1. The summed E-state index contributed by atoms with van der Waals surface area (Å²) in [6.07, 6.45) is 3.06. The normalized spacial score (nSPS) is 21.9. The lowest BCUT2D eigenvalue weighted by Gasteiger charge is -2.25. The Morgan fingerprint density at radius 3 is 3.33 bits per heavy atom. The van der Waals surface area contributed by atoms with E-state index in [-0.39, 0.29) is 11.9 Å². The summed E-state index contributed by atoms with van der Waals surface area (Å²) in [4.78, 5) is 15.4. The maximum Gasteiger partial charge on any atom is 0.322 e. The number of nitrogens with zero attached hydrogens (tertiary/aromatic N) is 3. The summed E-state index contributed by atoms with van der Waals surface area (Å²) in [5, 5.41) is 4.06. The van der Waals surface area contributed by atoms with Gasteiger partial charge in [0.15, 0.2) is 0 Å². The van der Waals surface area contributed by atoms with E-state index in [4.69, 9.17) is 5.73 Å². The number of carbonyl (C=O) groups is 1. The number of hydrogen-bond donors (Lipinski definition) is 1. The number of ether oxygens (including phenoxy) is 1. The van der Waals surface area contributed by atoms with Gasteiger partial charge >= 0.3 is 5.97 Å². The third-order valence-corrected chi connectivity index (χ3v) is 2.83. The van der Waals surface area contributed by atoms with Crippen molar-refractivity contribution < 1.29 is 9.53 Å². The fourth-order valence-electron chi connectivity index (χ4n) is 1.89. The van der Waals surface area contributed by atoms with Crippen LogP contribution in [0.3, 0.4) is 0 Å². The molecule has 2 atom stereocenters. The van der Waals surface area contributed by atoms with E-state index in [2.05, 4.69) is 14.8 Å². The van der Waals surface area contributed by atoms with Crippen LogP contribution in [0.2, 0.25) is 0 Å². The van der Waals surface area contributed by atoms with Crippen LogP contribution in [0, 0.1) is 5.92 Å². The number of aromatic nitrogens is 3. The molecule has 6 nitrogen and oxygen atoms in total. The molecule has 0 saturated carbocycles. The van der Waals surface area contributed by atoms with Gasteiger partial charge in [0.25, 0.3) is 0 Å². The topological polar surface area (TPSA) is 83.0 Å². The van der Waals surface area contributed by atoms with Gasteiger partial charge in [-0.1, -0.05) is 0 Å². The maximum atomic E-state index is 11.3. The quantitative estimate of drug-likeness (QED) is 0.655. The van der Waals surface area contributed by atoms with Gasteiger partial charge in [-0.05, 0) is 12.3 Å². The highest BCUT2D eigenvalue weighted by Crippen LogP contribution is 2.20. The van der Waals surface area contributed by atoms with Crippen molar-refractivity contribution in [3.05, 3.63) is 12.2 Å². The Kier molecular flexibility index (Phi) is 2.68. The molecule has 15 heavy (non-hydrogen) atoms. The van der Waals surface area contributed by atoms with Crippen molar-refractivity contribution in [1.82, 2.24) is 14.8 Å². The number of hydrogen-bond acceptors (Lipinski definition) is 5. The Labute approximate surface area is 87.4 Å². The number of esters is 1. The minimum atomic E-state index is -0.555. The Balaban J connectivity index is 2.06. The lowest BCUT2D eigenvalue weighted by Crippen LogP contribution is -2.42. The molecule has 2 rings (SSSR count). The van der Waals surface area contributed by atoms with Crippen molar-refractivity contribution in [1.29, 1.82) is 0 Å². The molecule has 1 aromatic rings. The van der Waals surface area contributed by atoms with Gasteiger partial charge in [0.05, 0.1) is 7.11 Å². The maximum absolute atomic E-state index is 11.3. The smallest absolute Gasteiger partial charge is 0.322 e. The van der Waals surface area contributed by atoms with Crippen LogP contribution in [0.4, 0.5) is 0 Å². The van der Waals surface area contributed by atoms with Gasteiger partial charge in [0.2, 0.25) is 0 Å². The molecule has 0 bridgehead atoms. The van der Waals surface area contributed by atoms with E-state index in [0.717, 1.165) is 18.8 Å². The fourth-order valence-corrected chi connectivity index (χ4v) is 1.89. The van der Waals surface area contributed by atoms with E-state index in [1.807, 2.05) is 4.68 Å². The third-order valence-electron chi connectivity index (χ3n) is 2.83. The van der Waals surface area contributed by atoms with Crippen molar-refractivity contribution >= 4 is 5.97 Å². The van der Waals surface area contributed by atoms with Crippen LogP contribution in [-0.2, 0) is 22.5 Å². The number of nitrogens with two attached hydrogens (primary N) is 1. The van der Waals surface area contributed by atoms with E-state index >= 15 is 0 Å². The molecule has 6 heteroatoms. The van der Waals surface area contributed by atoms with Gasteiger partial charge in [-0.3, -0.25) is 9.48 Å². The van der Waals surface area contributed by atoms with Crippen LogP contribution < -0.4 is 5.73 Å². The second-order valence-corrected chi connectivity index (χ2v) is 3.70. The molecule has 0 radical (unpaired) electrons. The van der Waals surface area contributed by atoms with Crippen LogP contribution >= 0.6 is 0 Å². The molecule has 0 aliphatic carbocycles. The number of methoxy groups -OCH3 is 1. The Morgan fingerprint density at radius 2 is 2.60 bits per heavy atom. The zero-order chi connectivity index (χ0) is 10.8. The summed E-state index contributed by atoms with van der Waals surface area (Å²) in [6.45, 7) is 0.769. The molecule has 82 valence electrons. The van der Waals surface area contributed by atoms with Crippen molar-refractivity contribution in [3.8, 4) is 0 Å². The fraction of sp³-hybridized carbons (Fsp3) is 0.667. The predicted octanol–water partition coefficient (Wildman–Crippen LogP) is -0.659. The summed E-state index contributed by atoms with van der Waals surface area (Å²) < 4.78 is 6.48. The molecular weight excluding hydrogens is 196 g/mol. The molecule has 0 saturated heterocycles. The van der Waals surface area contributed by atoms with Crippen LogP contribution in [-0.4, -0.2) is 33.9 Å². The van der Waals surface area contributed by atoms with Crippen molar-refractivity contribution in [2.45, 2.75) is 25.4 Å². The molecule has 2 unspecified atom stereocenters. The van der Waals surface area contributed by atoms with Gasteiger partial charge in [0.1, 0.15) is 18.2 Å². The Morgan fingerprint density at radius 1 is 1.80 bits per heavy atom. The summed E-state index contributed by atoms with van der Waals surface area (Å²) in [7, 11) is 1.35. The molecule has 1 aliphatic heterocycles. The molecule has 1 aliphatic rings. The summed E-state index contributed by atoms with van der Waals surface area (Å²) in [5.74, 6) is 0.646. The average molecular weight is 210 g/mol. The monoisotopic (exact) mass is 210 g/mol. The van der Waals surface area contributed by atoms with E-state index in [1.165, 1.54) is 13.4 Å². The molecule has 0 aromatic carbocycles. The largest absolute Gasteiger partial charge is 0.468 e. The van der Waals surface area contributed by atoms with E-state index in [1.54, 1.807) is 0 Å². The lowest BCUT2D eigenvalue weighted by molar-refractivity contribution is -0.143. The highest BCUT2D eigenvalue weighted by molar-refractivity contribution is 5.75. The van der Waals surface area contributed by atoms with Gasteiger partial charge < -0.3 is 10.5 Å². The van der Waals surface area contributed by atoms with Crippen LogP contribution in [0.1, 0.15) is 12.2 Å². The molecular formula is C9H14N4O2. The molecule has 2 heterocycles. The van der Waals surface area contributed by atoms with Crippen molar-refractivity contribution in [2.75, 3.05) is 7.11 Å². The standard InChI is InChI=1S/C9H14N4O2/c1-15-9(14)8(10)6-2-3-13-7(4-6)11-5-12-13/h5-6,8H,2-4,10H2,1H3. The first-order valence-corrected chi connectivity index (χ1v) is 4.92. The van der Waals surface area contributed by atoms with Crippen LogP contribution in [0.15, 0.2) is 6.33 Å². The third kappa shape index (κ3) is 1.85. The zero-order valence-electron chi connectivity index (χ0n) is 8.59. The average Bonchev–Trinajstić information content (AvgIpc) is 2.73. The first kappa shape index (κ1) is 10.1. The zero-order valence-corrected chi connectivity index (χ0v) is 8.59. The molecule has 2 N–H and O–H groups in total.